The van der Waals surface area contributed by atoms with Crippen LogP contribution in [0.2, 0.25) is 0 Å². The van der Waals surface area contributed by atoms with E-state index in [1.165, 1.54) is 38.5 Å². The number of carbonyl (C=O) groups is 1. The van der Waals surface area contributed by atoms with Crippen molar-refractivity contribution in [2.45, 2.75) is 96.5 Å². The Bertz CT molecular complexity index is 381. The molecule has 1 N–H and O–H groups in total. The SMILES string of the molecule is CCCCCC[C@@H](O)C/C=C\CCCCCCCC(=O)ON1CCOCC1. The second-order valence-corrected chi connectivity index (χ2v) is 7.52. The molecule has 1 saturated heterocycles. The zero-order chi connectivity index (χ0) is 19.6. The van der Waals surface area contributed by atoms with Crippen molar-refractivity contribution in [3.05, 3.63) is 12.2 Å². The molecule has 27 heavy (non-hydrogen) atoms. The Kier molecular flexibility index (Phi) is 15.4. The third-order valence-electron chi connectivity index (χ3n) is 4.92. The van der Waals surface area contributed by atoms with Crippen molar-refractivity contribution in [3.63, 3.8) is 0 Å². The van der Waals surface area contributed by atoms with E-state index in [4.69, 9.17) is 9.57 Å². The van der Waals surface area contributed by atoms with Gasteiger partial charge in [-0.15, -0.1) is 5.06 Å². The van der Waals surface area contributed by atoms with Crippen LogP contribution in [-0.2, 0) is 14.4 Å². The Morgan fingerprint density at radius 2 is 1.74 bits per heavy atom. The summed E-state index contributed by atoms with van der Waals surface area (Å²) >= 11 is 0. The van der Waals surface area contributed by atoms with E-state index in [1.807, 2.05) is 0 Å². The highest BCUT2D eigenvalue weighted by molar-refractivity contribution is 5.68. The van der Waals surface area contributed by atoms with Crippen LogP contribution in [0.4, 0.5) is 0 Å². The molecule has 1 rings (SSSR count). The van der Waals surface area contributed by atoms with Crippen molar-refractivity contribution in [3.8, 4) is 0 Å². The minimum Gasteiger partial charge on any atom is -0.393 e. The number of nitrogens with zero attached hydrogens (tertiary/aromatic N) is 1. The predicted octanol–water partition coefficient (Wildman–Crippen LogP) is 4.79. The molecular weight excluding hydrogens is 342 g/mol. The molecule has 1 atom stereocenters. The van der Waals surface area contributed by atoms with E-state index in [1.54, 1.807) is 5.06 Å². The molecule has 0 unspecified atom stereocenters. The van der Waals surface area contributed by atoms with E-state index < -0.39 is 0 Å². The normalized spacial score (nSPS) is 16.7. The van der Waals surface area contributed by atoms with Gasteiger partial charge in [-0.25, -0.2) is 0 Å². The largest absolute Gasteiger partial charge is 0.393 e. The van der Waals surface area contributed by atoms with Gasteiger partial charge in [0.05, 0.1) is 32.4 Å². The summed E-state index contributed by atoms with van der Waals surface area (Å²) in [6, 6.07) is 0. The first kappa shape index (κ1) is 24.1. The number of rotatable bonds is 16. The molecule has 0 aromatic carbocycles. The summed E-state index contributed by atoms with van der Waals surface area (Å²) < 4.78 is 5.23. The zero-order valence-corrected chi connectivity index (χ0v) is 17.4. The van der Waals surface area contributed by atoms with E-state index in [2.05, 4.69) is 19.1 Å². The molecule has 0 saturated carbocycles. The van der Waals surface area contributed by atoms with E-state index in [-0.39, 0.29) is 12.1 Å². The predicted molar refractivity (Wildman–Crippen MR) is 109 cm³/mol. The van der Waals surface area contributed by atoms with Crippen molar-refractivity contribution in [1.82, 2.24) is 5.06 Å². The molecule has 5 nitrogen and oxygen atoms in total. The van der Waals surface area contributed by atoms with Crippen LogP contribution in [0, 0.1) is 0 Å². The molecule has 0 bridgehead atoms. The fraction of sp³-hybridized carbons (Fsp3) is 0.864. The lowest BCUT2D eigenvalue weighted by atomic mass is 10.1. The van der Waals surface area contributed by atoms with Gasteiger partial charge in [0.25, 0.3) is 0 Å². The van der Waals surface area contributed by atoms with E-state index in [0.29, 0.717) is 32.7 Å². The van der Waals surface area contributed by atoms with Crippen LogP contribution in [0.25, 0.3) is 0 Å². The lowest BCUT2D eigenvalue weighted by Gasteiger charge is -2.24. The lowest BCUT2D eigenvalue weighted by molar-refractivity contribution is -0.205. The third kappa shape index (κ3) is 14.8. The number of unbranched alkanes of at least 4 members (excludes halogenated alkanes) is 8. The summed E-state index contributed by atoms with van der Waals surface area (Å²) in [5, 5.41) is 11.6. The molecular formula is C22H41NO4. The van der Waals surface area contributed by atoms with E-state index >= 15 is 0 Å². The molecule has 1 aliphatic heterocycles. The van der Waals surface area contributed by atoms with Gasteiger partial charge in [0.2, 0.25) is 0 Å². The molecule has 5 heteroatoms. The summed E-state index contributed by atoms with van der Waals surface area (Å²) in [5.74, 6) is -0.118. The maximum atomic E-state index is 11.7. The van der Waals surface area contributed by atoms with Gasteiger partial charge in [0.1, 0.15) is 0 Å². The number of carbonyl (C=O) groups excluding carboxylic acids is 1. The van der Waals surface area contributed by atoms with Crippen LogP contribution in [0.1, 0.15) is 90.4 Å². The number of aliphatic hydroxyl groups excluding tert-OH is 1. The number of ether oxygens (including phenoxy) is 1. The van der Waals surface area contributed by atoms with Crippen LogP contribution in [0.5, 0.6) is 0 Å². The molecule has 1 aliphatic rings. The van der Waals surface area contributed by atoms with Gasteiger partial charge in [0.15, 0.2) is 0 Å². The third-order valence-corrected chi connectivity index (χ3v) is 4.92. The van der Waals surface area contributed by atoms with Crippen molar-refractivity contribution >= 4 is 5.97 Å². The number of hydrogen-bond acceptors (Lipinski definition) is 5. The highest BCUT2D eigenvalue weighted by Crippen LogP contribution is 2.11. The second kappa shape index (κ2) is 17.2. The van der Waals surface area contributed by atoms with Gasteiger partial charge in [0, 0.05) is 6.42 Å². The number of morpholine rings is 1. The number of aliphatic hydroxyl groups is 1. The first-order valence-electron chi connectivity index (χ1n) is 11.1. The molecule has 1 fully saturated rings. The molecule has 1 heterocycles. The number of hydrogen-bond donors (Lipinski definition) is 1. The molecule has 0 radical (unpaired) electrons. The van der Waals surface area contributed by atoms with Crippen molar-refractivity contribution < 1.29 is 19.5 Å². The standard InChI is InChI=1S/C22H41NO4/c1-2-3-4-11-14-21(24)15-12-9-7-5-6-8-10-13-16-22(25)27-23-17-19-26-20-18-23/h9,12,21,24H,2-8,10-11,13-20H2,1H3/b12-9-/t21-/m1/s1. The molecule has 0 spiro atoms. The average molecular weight is 384 g/mol. The van der Waals surface area contributed by atoms with E-state index in [9.17, 15) is 9.90 Å². The molecule has 0 aliphatic carbocycles. The van der Waals surface area contributed by atoms with Gasteiger partial charge >= 0.3 is 5.97 Å². The van der Waals surface area contributed by atoms with Crippen LogP contribution < -0.4 is 0 Å². The van der Waals surface area contributed by atoms with Gasteiger partial charge in [-0.2, -0.15) is 0 Å². The zero-order valence-electron chi connectivity index (χ0n) is 17.4. The van der Waals surface area contributed by atoms with Gasteiger partial charge in [-0.3, -0.25) is 4.79 Å². The Labute approximate surface area is 166 Å². The second-order valence-electron chi connectivity index (χ2n) is 7.52. The number of allylic oxidation sites excluding steroid dienone is 1. The maximum Gasteiger partial charge on any atom is 0.325 e. The fourth-order valence-electron chi connectivity index (χ4n) is 3.19. The summed E-state index contributed by atoms with van der Waals surface area (Å²) in [4.78, 5) is 17.0. The summed E-state index contributed by atoms with van der Waals surface area (Å²) in [7, 11) is 0. The van der Waals surface area contributed by atoms with Crippen LogP contribution >= 0.6 is 0 Å². The first-order valence-corrected chi connectivity index (χ1v) is 11.1. The summed E-state index contributed by atoms with van der Waals surface area (Å²) in [6.45, 7) is 4.84. The topological polar surface area (TPSA) is 59.0 Å². The monoisotopic (exact) mass is 383 g/mol. The molecule has 0 aromatic rings. The molecule has 0 amide bonds. The van der Waals surface area contributed by atoms with Gasteiger partial charge in [-0.1, -0.05) is 64.0 Å². The number of hydroxylamine groups is 2. The Balaban J connectivity index is 1.84. The van der Waals surface area contributed by atoms with Crippen LogP contribution in [0.3, 0.4) is 0 Å². The maximum absolute atomic E-state index is 11.7. The van der Waals surface area contributed by atoms with Crippen LogP contribution in [0.15, 0.2) is 12.2 Å². The highest BCUT2D eigenvalue weighted by Gasteiger charge is 2.14. The highest BCUT2D eigenvalue weighted by atomic mass is 16.7. The minimum atomic E-state index is -0.171. The lowest BCUT2D eigenvalue weighted by Crippen LogP contribution is -2.37. The Morgan fingerprint density at radius 3 is 2.52 bits per heavy atom. The molecule has 158 valence electrons. The van der Waals surface area contributed by atoms with Gasteiger partial charge < -0.3 is 14.7 Å². The summed E-state index contributed by atoms with van der Waals surface area (Å²) in [6.07, 6.45) is 17.9. The smallest absolute Gasteiger partial charge is 0.325 e. The average Bonchev–Trinajstić information content (AvgIpc) is 2.67. The van der Waals surface area contributed by atoms with Crippen molar-refractivity contribution in [2.24, 2.45) is 0 Å². The van der Waals surface area contributed by atoms with Crippen molar-refractivity contribution in [1.29, 1.82) is 0 Å². The quantitative estimate of drug-likeness (QED) is 0.307. The van der Waals surface area contributed by atoms with Crippen molar-refractivity contribution in [2.75, 3.05) is 26.3 Å². The Morgan fingerprint density at radius 1 is 1.04 bits per heavy atom. The minimum absolute atomic E-state index is 0.118. The van der Waals surface area contributed by atoms with Crippen LogP contribution in [-0.4, -0.2) is 48.5 Å². The van der Waals surface area contributed by atoms with E-state index in [0.717, 1.165) is 38.5 Å². The Hall–Kier alpha value is -0.910. The first-order chi connectivity index (χ1) is 13.2. The fourth-order valence-corrected chi connectivity index (χ4v) is 3.19. The molecule has 0 aromatic heterocycles. The van der Waals surface area contributed by atoms with Gasteiger partial charge in [-0.05, 0) is 32.1 Å². The summed E-state index contributed by atoms with van der Waals surface area (Å²) in [5.41, 5.74) is 0.